The fourth-order valence-corrected chi connectivity index (χ4v) is 10.3. The van der Waals surface area contributed by atoms with Gasteiger partial charge in [0.1, 0.15) is 0 Å². The first-order valence-electron chi connectivity index (χ1n) is 22.0. The van der Waals surface area contributed by atoms with Gasteiger partial charge in [0, 0.05) is 0 Å². The normalized spacial score (nSPS) is 12.8. The molecule has 12 rings (SSSR count). The zero-order valence-electron chi connectivity index (χ0n) is 34.8. The van der Waals surface area contributed by atoms with Gasteiger partial charge >= 0.3 is 0 Å². The van der Waals surface area contributed by atoms with Gasteiger partial charge in [0.15, 0.2) is 0 Å². The minimum absolute atomic E-state index is 0.876. The maximum atomic E-state index is 2.47. The number of allylic oxidation sites excluding steroid dienone is 6. The van der Waals surface area contributed by atoms with Crippen molar-refractivity contribution in [3.05, 3.63) is 254 Å². The number of fused-ring (bicyclic) bond motifs is 6. The minimum atomic E-state index is 0.876. The molecule has 11 aromatic rings. The summed E-state index contributed by atoms with van der Waals surface area (Å²) in [6.07, 6.45) is 10.1. The number of benzene rings is 11. The van der Waals surface area contributed by atoms with Gasteiger partial charge in [-0.05, 0) is 145 Å². The summed E-state index contributed by atoms with van der Waals surface area (Å²) in [5.74, 6) is 0. The molecule has 0 spiro atoms. The Morgan fingerprint density at radius 3 is 1.52 bits per heavy atom. The molecular weight excluding hydrogens is 757 g/mol. The van der Waals surface area contributed by atoms with Crippen LogP contribution in [0.2, 0.25) is 0 Å². The van der Waals surface area contributed by atoms with Gasteiger partial charge in [0.2, 0.25) is 0 Å². The fraction of sp³-hybridized carbons (Fsp3) is 0.0159. The van der Waals surface area contributed by atoms with Crippen molar-refractivity contribution in [1.29, 1.82) is 0 Å². The summed E-state index contributed by atoms with van der Waals surface area (Å²) >= 11 is 0. The fourth-order valence-electron chi connectivity index (χ4n) is 10.3. The molecule has 0 amide bonds. The highest BCUT2D eigenvalue weighted by Gasteiger charge is 2.22. The topological polar surface area (TPSA) is 0 Å². The molecule has 0 nitrogen and oxygen atoms in total. The Labute approximate surface area is 368 Å². The lowest BCUT2D eigenvalue weighted by Crippen LogP contribution is -1.96. The van der Waals surface area contributed by atoms with Crippen LogP contribution in [0, 0.1) is 0 Å². The number of hydrogen-bond acceptors (Lipinski definition) is 0. The maximum Gasteiger partial charge on any atom is -0.00261 e. The van der Waals surface area contributed by atoms with Crippen molar-refractivity contribution >= 4 is 65.0 Å². The minimum Gasteiger partial charge on any atom is -0.0807 e. The van der Waals surface area contributed by atoms with Gasteiger partial charge in [0.05, 0.1) is 0 Å². The molecule has 0 saturated heterocycles. The van der Waals surface area contributed by atoms with Gasteiger partial charge in [-0.15, -0.1) is 0 Å². The van der Waals surface area contributed by atoms with E-state index < -0.39 is 0 Å². The van der Waals surface area contributed by atoms with Crippen LogP contribution in [0.15, 0.2) is 243 Å². The van der Waals surface area contributed by atoms with Gasteiger partial charge in [0.25, 0.3) is 0 Å². The molecule has 0 bridgehead atoms. The average Bonchev–Trinajstić information content (AvgIpc) is 3.62. The quantitative estimate of drug-likeness (QED) is 0.116. The van der Waals surface area contributed by atoms with E-state index in [1.165, 1.54) is 121 Å². The lowest BCUT2D eigenvalue weighted by molar-refractivity contribution is 1.40. The summed E-state index contributed by atoms with van der Waals surface area (Å²) in [6, 6.07) is 80.8. The molecule has 0 aromatic heterocycles. The van der Waals surface area contributed by atoms with Crippen LogP contribution in [-0.2, 0) is 0 Å². The van der Waals surface area contributed by atoms with Crippen LogP contribution in [-0.4, -0.2) is 0 Å². The van der Waals surface area contributed by atoms with Crippen LogP contribution >= 0.6 is 0 Å². The van der Waals surface area contributed by atoms with E-state index in [0.717, 1.165) is 6.42 Å². The van der Waals surface area contributed by atoms with E-state index in [0.29, 0.717) is 0 Å². The molecule has 0 fully saturated rings. The molecule has 0 unspecified atom stereocenters. The third kappa shape index (κ3) is 6.30. The van der Waals surface area contributed by atoms with Crippen LogP contribution in [0.25, 0.3) is 110 Å². The van der Waals surface area contributed by atoms with Gasteiger partial charge < -0.3 is 0 Å². The van der Waals surface area contributed by atoms with E-state index in [9.17, 15) is 0 Å². The van der Waals surface area contributed by atoms with Crippen molar-refractivity contribution in [3.63, 3.8) is 0 Å². The highest BCUT2D eigenvalue weighted by molar-refractivity contribution is 6.22. The molecule has 63 heavy (non-hydrogen) atoms. The van der Waals surface area contributed by atoms with Crippen molar-refractivity contribution in [2.45, 2.75) is 6.42 Å². The lowest BCUT2D eigenvalue weighted by Gasteiger charge is -2.21. The Morgan fingerprint density at radius 2 is 0.810 bits per heavy atom. The van der Waals surface area contributed by atoms with Crippen molar-refractivity contribution in [2.75, 3.05) is 0 Å². The summed E-state index contributed by atoms with van der Waals surface area (Å²) in [5.41, 5.74) is 14.8. The third-order valence-electron chi connectivity index (χ3n) is 13.1. The first-order valence-corrected chi connectivity index (χ1v) is 22.0. The van der Waals surface area contributed by atoms with Gasteiger partial charge in [-0.3, -0.25) is 0 Å². The Balaban J connectivity index is 1.15. The van der Waals surface area contributed by atoms with Crippen molar-refractivity contribution in [1.82, 2.24) is 0 Å². The van der Waals surface area contributed by atoms with Gasteiger partial charge in [-0.25, -0.2) is 0 Å². The van der Waals surface area contributed by atoms with Gasteiger partial charge in [-0.1, -0.05) is 224 Å². The predicted octanol–water partition coefficient (Wildman–Crippen LogP) is 17.5. The van der Waals surface area contributed by atoms with E-state index in [2.05, 4.69) is 243 Å². The molecule has 0 aliphatic heterocycles. The molecule has 0 heterocycles. The Hall–Kier alpha value is -8.06. The SMILES string of the molecule is C1=CCC=C(c2ccccc2)C(c2ccc3ccc(-c4c5ccccc5c(-c5ccccc5)c5ccccc45)cc3c2-c2cccc(-c3cc4ccccc4c4ccccc34)c2)=C1. The monoisotopic (exact) mass is 798 g/mol. The molecule has 0 radical (unpaired) electrons. The maximum absolute atomic E-state index is 2.47. The molecule has 0 atom stereocenters. The molecule has 294 valence electrons. The Morgan fingerprint density at radius 1 is 0.270 bits per heavy atom. The van der Waals surface area contributed by atoms with E-state index >= 15 is 0 Å². The largest absolute Gasteiger partial charge is 0.0807 e. The van der Waals surface area contributed by atoms with Crippen LogP contribution < -0.4 is 0 Å². The predicted molar refractivity (Wildman–Crippen MR) is 272 cm³/mol. The van der Waals surface area contributed by atoms with Crippen LogP contribution in [0.5, 0.6) is 0 Å². The second-order valence-corrected chi connectivity index (χ2v) is 16.6. The van der Waals surface area contributed by atoms with E-state index in [4.69, 9.17) is 0 Å². The highest BCUT2D eigenvalue weighted by Crippen LogP contribution is 2.47. The van der Waals surface area contributed by atoms with Crippen molar-refractivity contribution < 1.29 is 0 Å². The van der Waals surface area contributed by atoms with Crippen LogP contribution in [0.1, 0.15) is 17.5 Å². The summed E-state index contributed by atoms with van der Waals surface area (Å²) in [4.78, 5) is 0. The molecule has 0 heteroatoms. The number of rotatable bonds is 6. The van der Waals surface area contributed by atoms with Gasteiger partial charge in [-0.2, -0.15) is 0 Å². The van der Waals surface area contributed by atoms with Crippen molar-refractivity contribution in [3.8, 4) is 44.5 Å². The second-order valence-electron chi connectivity index (χ2n) is 16.6. The van der Waals surface area contributed by atoms with E-state index in [1.807, 2.05) is 0 Å². The molecule has 0 N–H and O–H groups in total. The molecule has 0 saturated carbocycles. The standard InChI is InChI=1S/C63H42/c1-4-19-42(20-5-1)49-26-8-3-9-28-52(49)58-38-37-43-35-36-48(62-56-33-16-14-31-54(56)61(44-21-6-2-7-22-44)55-32-15-17-34-57(55)62)41-60(43)63(58)47-25-18-24-45(39-47)59-40-46-23-10-11-27-50(46)51-29-12-13-30-53(51)59/h1-7,9-41H,8H2. The van der Waals surface area contributed by atoms with E-state index in [-0.39, 0.29) is 0 Å². The average molecular weight is 799 g/mol. The third-order valence-corrected chi connectivity index (χ3v) is 13.1. The molecule has 11 aromatic carbocycles. The summed E-state index contributed by atoms with van der Waals surface area (Å²) in [6.45, 7) is 0. The summed E-state index contributed by atoms with van der Waals surface area (Å²) in [5, 5.41) is 12.5. The highest BCUT2D eigenvalue weighted by atomic mass is 14.2. The molecule has 1 aliphatic rings. The van der Waals surface area contributed by atoms with Crippen LogP contribution in [0.3, 0.4) is 0 Å². The first kappa shape index (κ1) is 36.8. The Bertz CT molecular complexity index is 3620. The smallest absolute Gasteiger partial charge is 0.00261 e. The van der Waals surface area contributed by atoms with E-state index in [1.54, 1.807) is 0 Å². The second kappa shape index (κ2) is 15.4. The first-order chi connectivity index (χ1) is 31.3. The van der Waals surface area contributed by atoms with Crippen LogP contribution in [0.4, 0.5) is 0 Å². The lowest BCUT2D eigenvalue weighted by atomic mass is 9.82. The molecular formula is C63H42. The summed E-state index contributed by atoms with van der Waals surface area (Å²) < 4.78 is 0. The number of hydrogen-bond donors (Lipinski definition) is 0. The zero-order chi connectivity index (χ0) is 41.7. The van der Waals surface area contributed by atoms with Crippen molar-refractivity contribution in [2.24, 2.45) is 0 Å². The summed E-state index contributed by atoms with van der Waals surface area (Å²) in [7, 11) is 0. The molecule has 1 aliphatic carbocycles. The zero-order valence-corrected chi connectivity index (χ0v) is 34.8. The Kier molecular flexibility index (Phi) is 9.01.